The quantitative estimate of drug-likeness (QED) is 0.349. The van der Waals surface area contributed by atoms with Gasteiger partial charge in [-0.25, -0.2) is 0 Å². The van der Waals surface area contributed by atoms with Crippen molar-refractivity contribution >= 4 is 0 Å². The molecule has 0 aliphatic heterocycles. The second-order valence-electron chi connectivity index (χ2n) is 11.0. The molecule has 5 atom stereocenters. The molecule has 1 nitrogen and oxygen atoms in total. The highest BCUT2D eigenvalue weighted by molar-refractivity contribution is 5.31. The number of aliphatic hydroxyl groups is 1. The van der Waals surface area contributed by atoms with E-state index in [0.29, 0.717) is 17.8 Å². The van der Waals surface area contributed by atoms with E-state index < -0.39 is 0 Å². The van der Waals surface area contributed by atoms with Gasteiger partial charge >= 0.3 is 0 Å². The van der Waals surface area contributed by atoms with Crippen LogP contribution in [0, 0.1) is 29.1 Å². The Labute approximate surface area is 185 Å². The minimum absolute atomic E-state index is 0.231. The molecule has 3 aliphatic carbocycles. The summed E-state index contributed by atoms with van der Waals surface area (Å²) in [6, 6.07) is 0. The Morgan fingerprint density at radius 1 is 1.10 bits per heavy atom. The fourth-order valence-corrected chi connectivity index (χ4v) is 6.61. The molecule has 0 radical (unpaired) electrons. The molecule has 0 aromatic carbocycles. The third kappa shape index (κ3) is 5.50. The van der Waals surface area contributed by atoms with E-state index in [-0.39, 0.29) is 6.10 Å². The highest BCUT2D eigenvalue weighted by Gasteiger charge is 2.50. The molecule has 0 spiro atoms. The molecule has 0 aromatic rings. The third-order valence-corrected chi connectivity index (χ3v) is 8.37. The lowest BCUT2D eigenvalue weighted by Gasteiger charge is -2.44. The molecule has 0 unspecified atom stereocenters. The second kappa shape index (κ2) is 10.4. The van der Waals surface area contributed by atoms with Crippen molar-refractivity contribution in [1.82, 2.24) is 0 Å². The molecular formula is C29H44O. The van der Waals surface area contributed by atoms with E-state index in [1.165, 1.54) is 51.4 Å². The molecule has 0 amide bonds. The maximum atomic E-state index is 9.89. The third-order valence-electron chi connectivity index (χ3n) is 8.37. The zero-order valence-electron chi connectivity index (χ0n) is 20.0. The molecule has 0 heterocycles. The molecule has 0 aromatic heterocycles. The van der Waals surface area contributed by atoms with Gasteiger partial charge in [0.15, 0.2) is 0 Å². The van der Waals surface area contributed by atoms with Gasteiger partial charge in [0.25, 0.3) is 0 Å². The summed E-state index contributed by atoms with van der Waals surface area (Å²) >= 11 is 0. The molecule has 1 N–H and O–H groups in total. The SMILES string of the molecule is C=C1CC[C@H](O)CC1=C=CC=C=C1CCC[C@]2(C)[C@@H]([C@H](C)CCCC(C)C)CC[C@@H]12. The predicted molar refractivity (Wildman–Crippen MR) is 128 cm³/mol. The van der Waals surface area contributed by atoms with Crippen LogP contribution in [0.25, 0.3) is 0 Å². The lowest BCUT2D eigenvalue weighted by atomic mass is 9.61. The average molecular weight is 409 g/mol. The van der Waals surface area contributed by atoms with Gasteiger partial charge in [0, 0.05) is 6.42 Å². The minimum atomic E-state index is -0.231. The van der Waals surface area contributed by atoms with Gasteiger partial charge in [-0.3, -0.25) is 0 Å². The summed E-state index contributed by atoms with van der Waals surface area (Å²) in [5.41, 5.74) is 11.3. The van der Waals surface area contributed by atoms with Crippen molar-refractivity contribution in [3.8, 4) is 0 Å². The summed E-state index contributed by atoms with van der Waals surface area (Å²) in [7, 11) is 0. The van der Waals surface area contributed by atoms with Crippen LogP contribution >= 0.6 is 0 Å². The van der Waals surface area contributed by atoms with Crippen molar-refractivity contribution in [2.45, 2.75) is 104 Å². The first-order valence-corrected chi connectivity index (χ1v) is 12.6. The van der Waals surface area contributed by atoms with E-state index in [1.54, 1.807) is 5.57 Å². The highest BCUT2D eigenvalue weighted by atomic mass is 16.3. The summed E-state index contributed by atoms with van der Waals surface area (Å²) < 4.78 is 0. The monoisotopic (exact) mass is 408 g/mol. The predicted octanol–water partition coefficient (Wildman–Crippen LogP) is 7.93. The largest absolute Gasteiger partial charge is 0.393 e. The first kappa shape index (κ1) is 23.4. The maximum Gasteiger partial charge on any atom is 0.0589 e. The number of rotatable bonds is 6. The van der Waals surface area contributed by atoms with Crippen LogP contribution in [0.3, 0.4) is 0 Å². The zero-order chi connectivity index (χ0) is 21.7. The first-order valence-electron chi connectivity index (χ1n) is 12.6. The van der Waals surface area contributed by atoms with Crippen molar-refractivity contribution in [2.75, 3.05) is 0 Å². The summed E-state index contributed by atoms with van der Waals surface area (Å²) in [5, 5.41) is 9.89. The Hall–Kier alpha value is -1.26. The smallest absolute Gasteiger partial charge is 0.0589 e. The lowest BCUT2D eigenvalue weighted by Crippen LogP contribution is -2.35. The molecule has 30 heavy (non-hydrogen) atoms. The van der Waals surface area contributed by atoms with Crippen LogP contribution in [0.1, 0.15) is 98.3 Å². The Morgan fingerprint density at radius 2 is 1.87 bits per heavy atom. The van der Waals surface area contributed by atoms with Crippen LogP contribution in [0.15, 0.2) is 46.9 Å². The van der Waals surface area contributed by atoms with E-state index in [0.717, 1.165) is 41.7 Å². The van der Waals surface area contributed by atoms with Gasteiger partial charge in [-0.15, -0.1) is 11.5 Å². The van der Waals surface area contributed by atoms with Gasteiger partial charge < -0.3 is 5.11 Å². The second-order valence-corrected chi connectivity index (χ2v) is 11.0. The molecule has 3 saturated carbocycles. The number of aliphatic hydroxyl groups excluding tert-OH is 1. The Balaban J connectivity index is 1.70. The molecule has 3 rings (SSSR count). The summed E-state index contributed by atoms with van der Waals surface area (Å²) in [5.74, 6) is 3.26. The lowest BCUT2D eigenvalue weighted by molar-refractivity contribution is 0.0930. The standard InChI is InChI=1S/C29H44O/c1-21(2)10-8-11-23(4)27-17-18-28-24(14-9-19-29(27,28)5)12-6-7-13-25-20-26(30)16-15-22(25)3/h6-7,21,23,26-28,30H,3,8-11,14-20H2,1-2,4-5H3/t12?,13?,23-,26+,27-,28+,29-/m1/s1. The van der Waals surface area contributed by atoms with Crippen LogP contribution in [-0.4, -0.2) is 11.2 Å². The topological polar surface area (TPSA) is 20.2 Å². The number of fused-ring (bicyclic) bond motifs is 1. The minimum Gasteiger partial charge on any atom is -0.393 e. The van der Waals surface area contributed by atoms with Crippen LogP contribution in [-0.2, 0) is 0 Å². The molecular weight excluding hydrogens is 364 g/mol. The van der Waals surface area contributed by atoms with Gasteiger partial charge in [-0.05, 0) is 103 Å². The van der Waals surface area contributed by atoms with Crippen molar-refractivity contribution in [1.29, 1.82) is 0 Å². The number of hydrogen-bond donors (Lipinski definition) is 1. The summed E-state index contributed by atoms with van der Waals surface area (Å²) in [6.07, 6.45) is 17.1. The molecule has 3 aliphatic rings. The number of allylic oxidation sites excluding steroid dienone is 2. The van der Waals surface area contributed by atoms with Gasteiger partial charge in [0.1, 0.15) is 0 Å². The van der Waals surface area contributed by atoms with E-state index in [9.17, 15) is 5.11 Å². The number of hydrogen-bond acceptors (Lipinski definition) is 1. The fourth-order valence-electron chi connectivity index (χ4n) is 6.61. The van der Waals surface area contributed by atoms with Crippen LogP contribution in [0.5, 0.6) is 0 Å². The maximum absolute atomic E-state index is 9.89. The van der Waals surface area contributed by atoms with E-state index in [2.05, 4.69) is 51.8 Å². The van der Waals surface area contributed by atoms with Crippen molar-refractivity contribution in [2.24, 2.45) is 29.1 Å². The molecule has 0 saturated heterocycles. The molecule has 0 bridgehead atoms. The van der Waals surface area contributed by atoms with E-state index in [4.69, 9.17) is 0 Å². The van der Waals surface area contributed by atoms with Crippen molar-refractivity contribution < 1.29 is 5.11 Å². The first-order chi connectivity index (χ1) is 14.3. The zero-order valence-corrected chi connectivity index (χ0v) is 20.0. The Morgan fingerprint density at radius 3 is 2.63 bits per heavy atom. The fraction of sp³-hybridized carbons (Fsp3) is 0.724. The van der Waals surface area contributed by atoms with Crippen LogP contribution in [0.2, 0.25) is 0 Å². The normalized spacial score (nSPS) is 32.5. The van der Waals surface area contributed by atoms with Crippen LogP contribution in [0.4, 0.5) is 0 Å². The molecule has 1 heteroatoms. The van der Waals surface area contributed by atoms with E-state index in [1.807, 2.05) is 6.08 Å². The van der Waals surface area contributed by atoms with Crippen LogP contribution < -0.4 is 0 Å². The average Bonchev–Trinajstić information content (AvgIpc) is 3.05. The highest BCUT2D eigenvalue weighted by Crippen LogP contribution is 2.59. The summed E-state index contributed by atoms with van der Waals surface area (Å²) in [6.45, 7) is 13.9. The van der Waals surface area contributed by atoms with Gasteiger partial charge in [-0.2, -0.15) is 0 Å². The van der Waals surface area contributed by atoms with Crippen molar-refractivity contribution in [3.63, 3.8) is 0 Å². The molecule has 166 valence electrons. The Kier molecular flexibility index (Phi) is 8.09. The van der Waals surface area contributed by atoms with Gasteiger partial charge in [0.2, 0.25) is 0 Å². The van der Waals surface area contributed by atoms with Gasteiger partial charge in [-0.1, -0.05) is 53.5 Å². The van der Waals surface area contributed by atoms with E-state index >= 15 is 0 Å². The van der Waals surface area contributed by atoms with Crippen molar-refractivity contribution in [3.05, 3.63) is 46.9 Å². The Bertz CT molecular complexity index is 740. The molecule has 3 fully saturated rings. The van der Waals surface area contributed by atoms with Gasteiger partial charge in [0.05, 0.1) is 6.10 Å². The summed E-state index contributed by atoms with van der Waals surface area (Å²) in [4.78, 5) is 0.